The Labute approximate surface area is 131 Å². The number of amides is 2. The minimum Gasteiger partial charge on any atom is -0.381 e. The molecule has 1 aromatic carbocycles. The Balaban J connectivity index is 1.77. The van der Waals surface area contributed by atoms with E-state index in [1.54, 1.807) is 6.07 Å². The molecule has 5 heteroatoms. The third-order valence-electron chi connectivity index (χ3n) is 4.10. The highest BCUT2D eigenvalue weighted by molar-refractivity contribution is 5.73. The number of urea groups is 1. The highest BCUT2D eigenvalue weighted by atomic mass is 19.1. The number of hydrogen-bond acceptors (Lipinski definition) is 2. The van der Waals surface area contributed by atoms with Gasteiger partial charge >= 0.3 is 6.03 Å². The van der Waals surface area contributed by atoms with E-state index in [0.29, 0.717) is 19.0 Å². The SMILES string of the molecule is CC(C)(CNC(=O)NC[C@H]1CCCOC1)c1cccc(F)c1. The van der Waals surface area contributed by atoms with Crippen LogP contribution in [0, 0.1) is 11.7 Å². The smallest absolute Gasteiger partial charge is 0.314 e. The maximum absolute atomic E-state index is 13.3. The van der Waals surface area contributed by atoms with Gasteiger partial charge in [-0.25, -0.2) is 9.18 Å². The molecule has 4 nitrogen and oxygen atoms in total. The highest BCUT2D eigenvalue weighted by Crippen LogP contribution is 2.22. The van der Waals surface area contributed by atoms with Gasteiger partial charge in [0.1, 0.15) is 5.82 Å². The quantitative estimate of drug-likeness (QED) is 0.879. The summed E-state index contributed by atoms with van der Waals surface area (Å²) in [6.07, 6.45) is 2.15. The fourth-order valence-electron chi connectivity index (χ4n) is 2.58. The average molecular weight is 308 g/mol. The zero-order chi connectivity index (χ0) is 16.0. The summed E-state index contributed by atoms with van der Waals surface area (Å²) in [5.41, 5.74) is 0.543. The van der Waals surface area contributed by atoms with Crippen LogP contribution in [0.2, 0.25) is 0 Å². The maximum atomic E-state index is 13.3. The molecule has 1 aliphatic heterocycles. The molecule has 0 aliphatic carbocycles. The first kappa shape index (κ1) is 16.7. The van der Waals surface area contributed by atoms with Crippen molar-refractivity contribution in [2.24, 2.45) is 5.92 Å². The van der Waals surface area contributed by atoms with Crippen LogP contribution in [0.25, 0.3) is 0 Å². The summed E-state index contributed by atoms with van der Waals surface area (Å²) in [5, 5.41) is 5.75. The van der Waals surface area contributed by atoms with E-state index >= 15 is 0 Å². The van der Waals surface area contributed by atoms with Crippen molar-refractivity contribution >= 4 is 6.03 Å². The molecule has 0 spiro atoms. The minimum atomic E-state index is -0.326. The molecule has 0 bridgehead atoms. The Morgan fingerprint density at radius 3 is 2.91 bits per heavy atom. The zero-order valence-electron chi connectivity index (χ0n) is 13.3. The summed E-state index contributed by atoms with van der Waals surface area (Å²) in [4.78, 5) is 11.9. The Bertz CT molecular complexity index is 499. The lowest BCUT2D eigenvalue weighted by Gasteiger charge is -2.26. The fourth-order valence-corrected chi connectivity index (χ4v) is 2.58. The number of carbonyl (C=O) groups excluding carboxylic acids is 1. The molecule has 22 heavy (non-hydrogen) atoms. The van der Waals surface area contributed by atoms with Crippen LogP contribution >= 0.6 is 0 Å². The monoisotopic (exact) mass is 308 g/mol. The predicted molar refractivity (Wildman–Crippen MR) is 84.4 cm³/mol. The normalized spacial score (nSPS) is 18.8. The molecule has 1 aliphatic rings. The van der Waals surface area contributed by atoms with Crippen molar-refractivity contribution in [2.75, 3.05) is 26.3 Å². The van der Waals surface area contributed by atoms with Crippen LogP contribution in [0.1, 0.15) is 32.3 Å². The van der Waals surface area contributed by atoms with Crippen LogP contribution in [0.4, 0.5) is 9.18 Å². The molecule has 122 valence electrons. The Morgan fingerprint density at radius 1 is 1.41 bits per heavy atom. The maximum Gasteiger partial charge on any atom is 0.314 e. The Kier molecular flexibility index (Phi) is 5.77. The van der Waals surface area contributed by atoms with Crippen LogP contribution < -0.4 is 10.6 Å². The molecular formula is C17H25FN2O2. The lowest BCUT2D eigenvalue weighted by molar-refractivity contribution is 0.0557. The van der Waals surface area contributed by atoms with Crippen molar-refractivity contribution in [1.29, 1.82) is 0 Å². The molecule has 1 saturated heterocycles. The third kappa shape index (κ3) is 4.98. The number of hydrogen-bond donors (Lipinski definition) is 2. The first-order valence-electron chi connectivity index (χ1n) is 7.83. The van der Waals surface area contributed by atoms with E-state index < -0.39 is 0 Å². The van der Waals surface area contributed by atoms with Gasteiger partial charge in [-0.2, -0.15) is 0 Å². The molecular weight excluding hydrogens is 283 g/mol. The molecule has 1 fully saturated rings. The summed E-state index contributed by atoms with van der Waals surface area (Å²) in [6, 6.07) is 6.32. The van der Waals surface area contributed by atoms with Gasteiger partial charge in [0, 0.05) is 25.1 Å². The molecule has 1 aromatic rings. The van der Waals surface area contributed by atoms with E-state index in [1.807, 2.05) is 19.9 Å². The van der Waals surface area contributed by atoms with Crippen LogP contribution in [0.5, 0.6) is 0 Å². The molecule has 1 atom stereocenters. The molecule has 1 heterocycles. The number of nitrogens with one attached hydrogen (secondary N) is 2. The number of benzene rings is 1. The summed E-state index contributed by atoms with van der Waals surface area (Å²) in [5.74, 6) is 0.142. The molecule has 2 N–H and O–H groups in total. The van der Waals surface area contributed by atoms with Gasteiger partial charge in [-0.3, -0.25) is 0 Å². The van der Waals surface area contributed by atoms with Gasteiger partial charge in [-0.1, -0.05) is 26.0 Å². The van der Waals surface area contributed by atoms with Crippen LogP contribution in [0.15, 0.2) is 24.3 Å². The van der Waals surface area contributed by atoms with Gasteiger partial charge in [0.25, 0.3) is 0 Å². The largest absolute Gasteiger partial charge is 0.381 e. The fraction of sp³-hybridized carbons (Fsp3) is 0.588. The van der Waals surface area contributed by atoms with Crippen molar-refractivity contribution < 1.29 is 13.9 Å². The van der Waals surface area contributed by atoms with Crippen LogP contribution in [-0.2, 0) is 10.2 Å². The second kappa shape index (κ2) is 7.58. The van der Waals surface area contributed by atoms with Gasteiger partial charge in [-0.05, 0) is 36.5 Å². The zero-order valence-corrected chi connectivity index (χ0v) is 13.3. The van der Waals surface area contributed by atoms with E-state index in [1.165, 1.54) is 12.1 Å². The third-order valence-corrected chi connectivity index (χ3v) is 4.10. The number of halogens is 1. The van der Waals surface area contributed by atoms with E-state index in [-0.39, 0.29) is 17.3 Å². The lowest BCUT2D eigenvalue weighted by Crippen LogP contribution is -2.44. The van der Waals surface area contributed by atoms with Crippen molar-refractivity contribution in [3.8, 4) is 0 Å². The lowest BCUT2D eigenvalue weighted by atomic mass is 9.84. The predicted octanol–water partition coefficient (Wildman–Crippen LogP) is 2.83. The second-order valence-corrected chi connectivity index (χ2v) is 6.54. The van der Waals surface area contributed by atoms with E-state index in [2.05, 4.69) is 10.6 Å². The molecule has 2 rings (SSSR count). The van der Waals surface area contributed by atoms with Gasteiger partial charge in [0.15, 0.2) is 0 Å². The number of rotatable bonds is 5. The molecule has 0 aromatic heterocycles. The minimum absolute atomic E-state index is 0.185. The summed E-state index contributed by atoms with van der Waals surface area (Å²) in [6.45, 7) is 6.59. The highest BCUT2D eigenvalue weighted by Gasteiger charge is 2.22. The first-order valence-corrected chi connectivity index (χ1v) is 7.83. The second-order valence-electron chi connectivity index (χ2n) is 6.54. The first-order chi connectivity index (χ1) is 10.5. The van der Waals surface area contributed by atoms with Crippen molar-refractivity contribution in [3.63, 3.8) is 0 Å². The summed E-state index contributed by atoms with van der Waals surface area (Å²) >= 11 is 0. The summed E-state index contributed by atoms with van der Waals surface area (Å²) < 4.78 is 18.7. The topological polar surface area (TPSA) is 50.4 Å². The molecule has 2 amide bonds. The van der Waals surface area contributed by atoms with Crippen LogP contribution in [0.3, 0.4) is 0 Å². The van der Waals surface area contributed by atoms with Gasteiger partial charge in [-0.15, -0.1) is 0 Å². The van der Waals surface area contributed by atoms with Crippen molar-refractivity contribution in [2.45, 2.75) is 32.1 Å². The van der Waals surface area contributed by atoms with Crippen molar-refractivity contribution in [3.05, 3.63) is 35.6 Å². The molecule has 0 unspecified atom stereocenters. The average Bonchev–Trinajstić information content (AvgIpc) is 2.52. The van der Waals surface area contributed by atoms with Gasteiger partial charge in [0.2, 0.25) is 0 Å². The molecule has 0 radical (unpaired) electrons. The van der Waals surface area contributed by atoms with E-state index in [0.717, 1.165) is 31.6 Å². The van der Waals surface area contributed by atoms with E-state index in [9.17, 15) is 9.18 Å². The van der Waals surface area contributed by atoms with E-state index in [4.69, 9.17) is 4.74 Å². The summed E-state index contributed by atoms with van der Waals surface area (Å²) in [7, 11) is 0. The Morgan fingerprint density at radius 2 is 2.23 bits per heavy atom. The van der Waals surface area contributed by atoms with Gasteiger partial charge in [0.05, 0.1) is 6.61 Å². The standard InChI is InChI=1S/C17H25FN2O2/c1-17(2,14-6-3-7-15(18)9-14)12-20-16(21)19-10-13-5-4-8-22-11-13/h3,6-7,9,13H,4-5,8,10-12H2,1-2H3,(H2,19,20,21)/t13-/m1/s1. The number of carbonyl (C=O) groups is 1. The van der Waals surface area contributed by atoms with Crippen LogP contribution in [-0.4, -0.2) is 32.3 Å². The van der Waals surface area contributed by atoms with Gasteiger partial charge < -0.3 is 15.4 Å². The number of ether oxygens (including phenoxy) is 1. The molecule has 0 saturated carbocycles. The van der Waals surface area contributed by atoms with Crippen molar-refractivity contribution in [1.82, 2.24) is 10.6 Å². The Hall–Kier alpha value is -1.62.